The third kappa shape index (κ3) is 3.30. The van der Waals surface area contributed by atoms with E-state index in [0.29, 0.717) is 10.8 Å². The van der Waals surface area contributed by atoms with Crippen LogP contribution in [-0.4, -0.2) is 0 Å². The van der Waals surface area contributed by atoms with Crippen molar-refractivity contribution in [2.24, 2.45) is 34.5 Å². The van der Waals surface area contributed by atoms with Crippen LogP contribution >= 0.6 is 0 Å². The minimum absolute atomic E-state index is 0.445. The molecular weight excluding hydrogens is 324 g/mol. The van der Waals surface area contributed by atoms with Gasteiger partial charge in [0.05, 0.1) is 0 Å². The SMILES string of the molecule is CC.CC/C=C(\C)C1=CCC2C3CC=C4C[C@@H](C)CCC4(C)C3CCC12C. The van der Waals surface area contributed by atoms with Gasteiger partial charge in [-0.3, -0.25) is 0 Å². The summed E-state index contributed by atoms with van der Waals surface area (Å²) in [5, 5.41) is 0. The highest BCUT2D eigenvalue weighted by Crippen LogP contribution is 2.65. The van der Waals surface area contributed by atoms with Gasteiger partial charge in [-0.15, -0.1) is 0 Å². The molecule has 0 heterocycles. The van der Waals surface area contributed by atoms with E-state index in [1.54, 1.807) is 11.1 Å². The van der Waals surface area contributed by atoms with Gasteiger partial charge in [0.1, 0.15) is 0 Å². The quantitative estimate of drug-likeness (QED) is 0.428. The molecule has 2 fully saturated rings. The number of hydrogen-bond donors (Lipinski definition) is 0. The minimum Gasteiger partial charge on any atom is -0.0845 e. The molecule has 4 aliphatic carbocycles. The molecule has 0 nitrogen and oxygen atoms in total. The molecule has 152 valence electrons. The molecule has 0 spiro atoms. The maximum atomic E-state index is 2.70. The van der Waals surface area contributed by atoms with Crippen molar-refractivity contribution in [1.82, 2.24) is 0 Å². The van der Waals surface area contributed by atoms with Crippen molar-refractivity contribution >= 4 is 0 Å². The summed E-state index contributed by atoms with van der Waals surface area (Å²) in [7, 11) is 0. The van der Waals surface area contributed by atoms with Gasteiger partial charge in [-0.2, -0.15) is 0 Å². The fourth-order valence-electron chi connectivity index (χ4n) is 7.44. The summed E-state index contributed by atoms with van der Waals surface area (Å²) in [6.45, 7) is 16.3. The highest BCUT2D eigenvalue weighted by atomic mass is 14.6. The largest absolute Gasteiger partial charge is 0.0845 e. The van der Waals surface area contributed by atoms with Gasteiger partial charge in [0.15, 0.2) is 0 Å². The van der Waals surface area contributed by atoms with Crippen LogP contribution in [0, 0.1) is 34.5 Å². The molecule has 4 rings (SSSR count). The minimum atomic E-state index is 0.445. The lowest BCUT2D eigenvalue weighted by molar-refractivity contribution is -0.0196. The van der Waals surface area contributed by atoms with E-state index in [2.05, 4.69) is 52.8 Å². The summed E-state index contributed by atoms with van der Waals surface area (Å²) in [6, 6.07) is 0. The zero-order valence-electron chi connectivity index (χ0n) is 19.2. The molecule has 0 radical (unpaired) electrons. The van der Waals surface area contributed by atoms with Gasteiger partial charge < -0.3 is 0 Å². The molecule has 0 aromatic heterocycles. The molecule has 6 atom stereocenters. The molecule has 2 saturated carbocycles. The number of allylic oxidation sites excluding steroid dienone is 6. The van der Waals surface area contributed by atoms with Crippen LogP contribution in [-0.2, 0) is 0 Å². The van der Waals surface area contributed by atoms with Crippen LogP contribution in [0.1, 0.15) is 99.8 Å². The Morgan fingerprint density at radius 3 is 2.44 bits per heavy atom. The van der Waals surface area contributed by atoms with Crippen LogP contribution in [0.25, 0.3) is 0 Å². The van der Waals surface area contributed by atoms with Crippen molar-refractivity contribution in [3.05, 3.63) is 34.9 Å². The Hall–Kier alpha value is -0.780. The molecule has 27 heavy (non-hydrogen) atoms. The molecule has 0 bridgehead atoms. The van der Waals surface area contributed by atoms with E-state index in [1.807, 2.05) is 19.4 Å². The Bertz CT molecular complexity index is 632. The monoisotopic (exact) mass is 368 g/mol. The van der Waals surface area contributed by atoms with E-state index in [0.717, 1.165) is 23.7 Å². The number of rotatable bonds is 2. The first-order valence-corrected chi connectivity index (χ1v) is 12.0. The zero-order chi connectivity index (χ0) is 19.8. The fraction of sp³-hybridized carbons (Fsp3) is 0.778. The summed E-state index contributed by atoms with van der Waals surface area (Å²) >= 11 is 0. The van der Waals surface area contributed by atoms with Crippen LogP contribution in [0.3, 0.4) is 0 Å². The Morgan fingerprint density at radius 2 is 1.74 bits per heavy atom. The second-order valence-corrected chi connectivity index (χ2v) is 10.2. The molecule has 0 aromatic carbocycles. The molecular formula is C27H44. The lowest BCUT2D eigenvalue weighted by Crippen LogP contribution is -2.49. The Labute approximate surface area is 169 Å². The predicted molar refractivity (Wildman–Crippen MR) is 120 cm³/mol. The topological polar surface area (TPSA) is 0 Å². The van der Waals surface area contributed by atoms with E-state index >= 15 is 0 Å². The van der Waals surface area contributed by atoms with Gasteiger partial charge in [-0.05, 0) is 98.4 Å². The average Bonchev–Trinajstić information content (AvgIpc) is 3.01. The molecule has 0 amide bonds. The highest BCUT2D eigenvalue weighted by Gasteiger charge is 2.56. The summed E-state index contributed by atoms with van der Waals surface area (Å²) < 4.78 is 0. The van der Waals surface area contributed by atoms with Crippen molar-refractivity contribution in [2.75, 3.05) is 0 Å². The van der Waals surface area contributed by atoms with E-state index < -0.39 is 0 Å². The van der Waals surface area contributed by atoms with Gasteiger partial charge in [0, 0.05) is 0 Å². The second kappa shape index (κ2) is 7.92. The third-order valence-corrected chi connectivity index (χ3v) is 8.87. The lowest BCUT2D eigenvalue weighted by atomic mass is 9.47. The van der Waals surface area contributed by atoms with Crippen molar-refractivity contribution in [1.29, 1.82) is 0 Å². The molecule has 0 N–H and O–H groups in total. The van der Waals surface area contributed by atoms with Crippen molar-refractivity contribution < 1.29 is 0 Å². The molecule has 0 aromatic rings. The molecule has 5 unspecified atom stereocenters. The third-order valence-electron chi connectivity index (χ3n) is 8.87. The molecule has 4 aliphatic rings. The van der Waals surface area contributed by atoms with Gasteiger partial charge in [-0.1, -0.05) is 70.9 Å². The van der Waals surface area contributed by atoms with E-state index in [9.17, 15) is 0 Å². The lowest BCUT2D eigenvalue weighted by Gasteiger charge is -2.58. The van der Waals surface area contributed by atoms with Gasteiger partial charge in [-0.25, -0.2) is 0 Å². The van der Waals surface area contributed by atoms with Gasteiger partial charge in [0.25, 0.3) is 0 Å². The van der Waals surface area contributed by atoms with Crippen LogP contribution in [0.5, 0.6) is 0 Å². The first-order chi connectivity index (χ1) is 12.9. The zero-order valence-corrected chi connectivity index (χ0v) is 19.2. The summed E-state index contributed by atoms with van der Waals surface area (Å²) in [6.07, 6.45) is 18.8. The van der Waals surface area contributed by atoms with Crippen LogP contribution in [0.2, 0.25) is 0 Å². The average molecular weight is 369 g/mol. The van der Waals surface area contributed by atoms with E-state index in [1.165, 1.54) is 51.4 Å². The van der Waals surface area contributed by atoms with Crippen LogP contribution in [0.4, 0.5) is 0 Å². The Kier molecular flexibility index (Phi) is 6.14. The highest BCUT2D eigenvalue weighted by molar-refractivity contribution is 5.41. The standard InChI is InChI=1S/C25H38.C2H6/c1-6-7-18(3)21-10-11-22-20-9-8-19-16-17(2)12-14-24(19,4)23(20)13-15-25(21,22)5;1-2/h7-8,10,17,20,22-23H,6,9,11-16H2,1-5H3;1-2H3/b18-7+;/t17-,20?,22?,23?,24?,25?;/m0./s1. The Balaban J connectivity index is 0.00000102. The van der Waals surface area contributed by atoms with Crippen molar-refractivity contribution in [3.8, 4) is 0 Å². The Morgan fingerprint density at radius 1 is 1.04 bits per heavy atom. The number of hydrogen-bond acceptors (Lipinski definition) is 0. The first-order valence-electron chi connectivity index (χ1n) is 12.0. The first kappa shape index (κ1) is 20.9. The summed E-state index contributed by atoms with van der Waals surface area (Å²) in [5.41, 5.74) is 6.07. The van der Waals surface area contributed by atoms with E-state index in [4.69, 9.17) is 0 Å². The van der Waals surface area contributed by atoms with Crippen LogP contribution < -0.4 is 0 Å². The maximum absolute atomic E-state index is 2.70. The smallest absolute Gasteiger partial charge is 0.00418 e. The summed E-state index contributed by atoms with van der Waals surface area (Å²) in [5.74, 6) is 3.66. The molecule has 0 aliphatic heterocycles. The molecule has 0 saturated heterocycles. The summed E-state index contributed by atoms with van der Waals surface area (Å²) in [4.78, 5) is 0. The molecule has 0 heteroatoms. The van der Waals surface area contributed by atoms with Crippen molar-refractivity contribution in [3.63, 3.8) is 0 Å². The fourth-order valence-corrected chi connectivity index (χ4v) is 7.44. The maximum Gasteiger partial charge on any atom is -0.00418 e. The normalized spacial score (nSPS) is 43.4. The van der Waals surface area contributed by atoms with E-state index in [-0.39, 0.29) is 0 Å². The number of fused-ring (bicyclic) bond motifs is 5. The predicted octanol–water partition coefficient (Wildman–Crippen LogP) is 8.50. The van der Waals surface area contributed by atoms with Crippen LogP contribution in [0.15, 0.2) is 34.9 Å². The second-order valence-electron chi connectivity index (χ2n) is 10.2. The van der Waals surface area contributed by atoms with Crippen molar-refractivity contribution in [2.45, 2.75) is 99.8 Å². The van der Waals surface area contributed by atoms with Gasteiger partial charge >= 0.3 is 0 Å². The van der Waals surface area contributed by atoms with Gasteiger partial charge in [0.2, 0.25) is 0 Å².